The van der Waals surface area contributed by atoms with Crippen LogP contribution in [0.4, 0.5) is 0 Å². The Morgan fingerprint density at radius 3 is 2.33 bits per heavy atom. The molecule has 0 radical (unpaired) electrons. The monoisotopic (exact) mass is 149 g/mol. The lowest BCUT2D eigenvalue weighted by atomic mass is 10.1. The fraction of sp³-hybridized carbons (Fsp3) is 1.00. The van der Waals surface area contributed by atoms with Crippen molar-refractivity contribution in [1.82, 2.24) is 0 Å². The lowest BCUT2D eigenvalue weighted by Gasteiger charge is -2.16. The van der Waals surface area contributed by atoms with E-state index in [1.165, 1.54) is 6.42 Å². The van der Waals surface area contributed by atoms with Gasteiger partial charge in [-0.05, 0) is 18.8 Å². The average Bonchev–Trinajstić information content (AvgIpc) is 2.23. The molecule has 2 nitrogen and oxygen atoms in total. The Bertz CT molecular complexity index is 107. The maximum Gasteiger partial charge on any atom is 0.0594 e. The van der Waals surface area contributed by atoms with E-state index in [1.54, 1.807) is 0 Å². The highest BCUT2D eigenvalue weighted by atomic mass is 35.5. The van der Waals surface area contributed by atoms with Gasteiger partial charge in [-0.3, -0.25) is 0 Å². The Hall–Kier alpha value is 0.210. The van der Waals surface area contributed by atoms with E-state index in [0.29, 0.717) is 18.1 Å². The van der Waals surface area contributed by atoms with Gasteiger partial charge in [0.2, 0.25) is 0 Å². The van der Waals surface area contributed by atoms with Gasteiger partial charge >= 0.3 is 0 Å². The van der Waals surface area contributed by atoms with Crippen LogP contribution in [0.5, 0.6) is 0 Å². The summed E-state index contributed by atoms with van der Waals surface area (Å²) in [6.45, 7) is 0.922. The van der Waals surface area contributed by atoms with Crippen molar-refractivity contribution in [3.63, 3.8) is 0 Å². The van der Waals surface area contributed by atoms with Crippen molar-refractivity contribution in [3.05, 3.63) is 0 Å². The summed E-state index contributed by atoms with van der Waals surface area (Å²) in [5.74, 6) is 0.694. The van der Waals surface area contributed by atoms with Crippen LogP contribution in [0.3, 0.4) is 0 Å². The van der Waals surface area contributed by atoms with Crippen LogP contribution < -0.4 is 5.73 Å². The molecule has 3 heteroatoms. The van der Waals surface area contributed by atoms with Gasteiger partial charge in [0, 0.05) is 6.04 Å². The van der Waals surface area contributed by atoms with E-state index in [-0.39, 0.29) is 12.4 Å². The predicted octanol–water partition coefficient (Wildman–Crippen LogP) is 0.544. The highest BCUT2D eigenvalue weighted by Crippen LogP contribution is 2.33. The Morgan fingerprint density at radius 1 is 1.33 bits per heavy atom. The predicted molar refractivity (Wildman–Crippen MR) is 37.7 cm³/mol. The fourth-order valence-corrected chi connectivity index (χ4v) is 1.69. The summed E-state index contributed by atoms with van der Waals surface area (Å²) in [6, 6.07) is 0.453. The van der Waals surface area contributed by atoms with Crippen molar-refractivity contribution < 1.29 is 4.74 Å². The van der Waals surface area contributed by atoms with Crippen molar-refractivity contribution >= 4 is 12.4 Å². The summed E-state index contributed by atoms with van der Waals surface area (Å²) in [7, 11) is 0. The topological polar surface area (TPSA) is 35.2 Å². The van der Waals surface area contributed by atoms with Crippen LogP contribution in [-0.2, 0) is 4.74 Å². The minimum atomic E-state index is 0. The summed E-state index contributed by atoms with van der Waals surface area (Å²) in [6.07, 6.45) is 2.85. The Labute approximate surface area is 61.2 Å². The molecule has 2 N–H and O–H groups in total. The van der Waals surface area contributed by atoms with Crippen LogP contribution in [0, 0.1) is 5.92 Å². The van der Waals surface area contributed by atoms with Crippen LogP contribution >= 0.6 is 12.4 Å². The zero-order chi connectivity index (χ0) is 5.56. The van der Waals surface area contributed by atoms with Crippen molar-refractivity contribution in [3.8, 4) is 0 Å². The largest absolute Gasteiger partial charge is 0.378 e. The van der Waals surface area contributed by atoms with E-state index in [1.807, 2.05) is 0 Å². The molecule has 9 heavy (non-hydrogen) atoms. The lowest BCUT2D eigenvalue weighted by Crippen LogP contribution is -2.30. The Morgan fingerprint density at radius 2 is 2.11 bits per heavy atom. The van der Waals surface area contributed by atoms with E-state index in [4.69, 9.17) is 10.5 Å². The highest BCUT2D eigenvalue weighted by molar-refractivity contribution is 5.85. The smallest absolute Gasteiger partial charge is 0.0594 e. The zero-order valence-corrected chi connectivity index (χ0v) is 6.06. The molecule has 0 unspecified atom stereocenters. The summed E-state index contributed by atoms with van der Waals surface area (Å²) >= 11 is 0. The quantitative estimate of drug-likeness (QED) is 0.546. The van der Waals surface area contributed by atoms with Gasteiger partial charge in [-0.25, -0.2) is 0 Å². The third-order valence-electron chi connectivity index (χ3n) is 2.25. The molecule has 1 aliphatic carbocycles. The molecule has 0 amide bonds. The minimum absolute atomic E-state index is 0. The molecule has 1 saturated heterocycles. The number of rotatable bonds is 0. The maximum absolute atomic E-state index is 5.74. The molecular weight excluding hydrogens is 138 g/mol. The van der Waals surface area contributed by atoms with E-state index in [9.17, 15) is 0 Å². The molecule has 3 atom stereocenters. The van der Waals surface area contributed by atoms with Crippen molar-refractivity contribution in [2.24, 2.45) is 11.7 Å². The first-order chi connectivity index (χ1) is 3.86. The molecule has 54 valence electrons. The number of hydrogen-bond acceptors (Lipinski definition) is 2. The SMILES string of the molecule is Cl.N[C@@H]1C[C@H]2C[C@@H]1CO2. The average molecular weight is 150 g/mol. The molecule has 0 spiro atoms. The van der Waals surface area contributed by atoms with Crippen molar-refractivity contribution in [2.45, 2.75) is 25.0 Å². The van der Waals surface area contributed by atoms with Crippen molar-refractivity contribution in [1.29, 1.82) is 0 Å². The Balaban J connectivity index is 0.000000405. The van der Waals surface area contributed by atoms with Crippen LogP contribution in [0.25, 0.3) is 0 Å². The second-order valence-electron chi connectivity index (χ2n) is 2.85. The van der Waals surface area contributed by atoms with Gasteiger partial charge in [0.1, 0.15) is 0 Å². The molecule has 1 aliphatic heterocycles. The molecule has 2 aliphatic rings. The van der Waals surface area contributed by atoms with E-state index < -0.39 is 0 Å². The first-order valence-electron chi connectivity index (χ1n) is 3.23. The molecule has 0 aromatic rings. The third kappa shape index (κ3) is 1.07. The van der Waals surface area contributed by atoms with Gasteiger partial charge in [0.15, 0.2) is 0 Å². The summed E-state index contributed by atoms with van der Waals surface area (Å²) < 4.78 is 5.34. The summed E-state index contributed by atoms with van der Waals surface area (Å²) in [5.41, 5.74) is 5.74. The molecule has 1 saturated carbocycles. The fourth-order valence-electron chi connectivity index (χ4n) is 1.69. The molecule has 0 aromatic heterocycles. The van der Waals surface area contributed by atoms with Gasteiger partial charge in [0.05, 0.1) is 12.7 Å². The molecular formula is C6H12ClNO. The molecule has 2 bridgehead atoms. The number of halogens is 1. The van der Waals surface area contributed by atoms with Crippen LogP contribution in [0.15, 0.2) is 0 Å². The van der Waals surface area contributed by atoms with Crippen molar-refractivity contribution in [2.75, 3.05) is 6.61 Å². The van der Waals surface area contributed by atoms with E-state index >= 15 is 0 Å². The number of ether oxygens (including phenoxy) is 1. The zero-order valence-electron chi connectivity index (χ0n) is 5.25. The second-order valence-corrected chi connectivity index (χ2v) is 2.85. The molecule has 1 heterocycles. The van der Waals surface area contributed by atoms with Crippen LogP contribution in [-0.4, -0.2) is 18.8 Å². The second kappa shape index (κ2) is 2.45. The van der Waals surface area contributed by atoms with Gasteiger partial charge in [-0.2, -0.15) is 0 Å². The first kappa shape index (κ1) is 7.32. The molecule has 2 rings (SSSR count). The lowest BCUT2D eigenvalue weighted by molar-refractivity contribution is 0.0694. The minimum Gasteiger partial charge on any atom is -0.378 e. The molecule has 0 aromatic carbocycles. The van der Waals surface area contributed by atoms with Gasteiger partial charge in [0.25, 0.3) is 0 Å². The molecule has 2 fully saturated rings. The number of hydrogen-bond donors (Lipinski definition) is 1. The van der Waals surface area contributed by atoms with Gasteiger partial charge in [-0.15, -0.1) is 12.4 Å². The third-order valence-corrected chi connectivity index (χ3v) is 2.25. The van der Waals surface area contributed by atoms with Gasteiger partial charge in [-0.1, -0.05) is 0 Å². The van der Waals surface area contributed by atoms with E-state index in [0.717, 1.165) is 13.0 Å². The first-order valence-corrected chi connectivity index (χ1v) is 3.23. The standard InChI is InChI=1S/C6H11NO.ClH/c7-6-2-5-1-4(6)3-8-5;/h4-6H,1-3,7H2;1H/t4-,5-,6-;/m1./s1. The van der Waals surface area contributed by atoms with Gasteiger partial charge < -0.3 is 10.5 Å². The summed E-state index contributed by atoms with van der Waals surface area (Å²) in [5, 5.41) is 0. The van der Waals surface area contributed by atoms with Crippen LogP contribution in [0.1, 0.15) is 12.8 Å². The highest BCUT2D eigenvalue weighted by Gasteiger charge is 2.38. The van der Waals surface area contributed by atoms with E-state index in [2.05, 4.69) is 0 Å². The Kier molecular flexibility index (Phi) is 1.99. The summed E-state index contributed by atoms with van der Waals surface area (Å²) in [4.78, 5) is 0. The van der Waals surface area contributed by atoms with Crippen LogP contribution in [0.2, 0.25) is 0 Å². The normalized spacial score (nSPS) is 47.0. The number of nitrogens with two attached hydrogens (primary N) is 1. The maximum atomic E-state index is 5.74. The number of fused-ring (bicyclic) bond motifs is 2.